The molecule has 0 spiro atoms. The summed E-state index contributed by atoms with van der Waals surface area (Å²) >= 11 is 1.87. The molecule has 52 heavy (non-hydrogen) atoms. The van der Waals surface area contributed by atoms with Crippen LogP contribution in [0.5, 0.6) is 0 Å². The molecule has 8 aromatic carbocycles. The maximum Gasteiger partial charge on any atom is 0.0555 e. The van der Waals surface area contributed by atoms with Crippen molar-refractivity contribution < 1.29 is 0 Å². The summed E-state index contributed by atoms with van der Waals surface area (Å²) < 4.78 is 9.91. The van der Waals surface area contributed by atoms with E-state index >= 15 is 0 Å². The summed E-state index contributed by atoms with van der Waals surface area (Å²) in [4.78, 5) is 0. The lowest BCUT2D eigenvalue weighted by molar-refractivity contribution is 1.17. The molecular formula is C48H29N3S. The molecule has 0 N–H and O–H groups in total. The number of thiophene rings is 1. The molecule has 0 aliphatic rings. The van der Waals surface area contributed by atoms with Gasteiger partial charge in [0.05, 0.1) is 38.8 Å². The monoisotopic (exact) mass is 679 g/mol. The molecule has 0 unspecified atom stereocenters. The van der Waals surface area contributed by atoms with Crippen LogP contribution < -0.4 is 0 Å². The second-order valence-electron chi connectivity index (χ2n) is 13.7. The van der Waals surface area contributed by atoms with Crippen LogP contribution in [0.1, 0.15) is 0 Å². The molecular weight excluding hydrogens is 651 g/mol. The molecule has 0 amide bonds. The summed E-state index contributed by atoms with van der Waals surface area (Å²) in [6.07, 6.45) is 0. The number of hydrogen-bond acceptors (Lipinski definition) is 1. The number of fused-ring (bicyclic) bond motifs is 12. The molecule has 0 aliphatic carbocycles. The molecule has 0 saturated carbocycles. The van der Waals surface area contributed by atoms with Gasteiger partial charge in [-0.25, -0.2) is 0 Å². The topological polar surface area (TPSA) is 14.8 Å². The van der Waals surface area contributed by atoms with E-state index in [0.29, 0.717) is 0 Å². The Morgan fingerprint density at radius 1 is 0.288 bits per heavy atom. The Kier molecular flexibility index (Phi) is 5.65. The summed E-state index contributed by atoms with van der Waals surface area (Å²) in [7, 11) is 0. The van der Waals surface area contributed by atoms with E-state index in [1.807, 2.05) is 11.3 Å². The Morgan fingerprint density at radius 2 is 0.712 bits per heavy atom. The van der Waals surface area contributed by atoms with Gasteiger partial charge in [-0.3, -0.25) is 0 Å². The van der Waals surface area contributed by atoms with Crippen molar-refractivity contribution in [2.24, 2.45) is 0 Å². The zero-order chi connectivity index (χ0) is 33.9. The van der Waals surface area contributed by atoms with E-state index in [9.17, 15) is 0 Å². The van der Waals surface area contributed by atoms with E-state index in [4.69, 9.17) is 0 Å². The minimum Gasteiger partial charge on any atom is -0.309 e. The third-order valence-corrected chi connectivity index (χ3v) is 12.2. The van der Waals surface area contributed by atoms with Crippen LogP contribution in [0, 0.1) is 0 Å². The standard InChI is InChI=1S/C48H29N3S/c1-6-17-39-32(12-1)33-13-2-7-18-40(33)49(39)30-24-26-44-37(28-30)36-16-5-10-21-43(36)51(44)45-22-11-23-47-48(45)38-29-31(25-27-46(38)52-47)50-41-19-8-3-14-34(41)35-15-4-9-20-42(35)50/h1-29H. The van der Waals surface area contributed by atoms with E-state index in [0.717, 1.165) is 0 Å². The molecule has 0 fully saturated rings. The van der Waals surface area contributed by atoms with E-state index < -0.39 is 0 Å². The lowest BCUT2D eigenvalue weighted by atomic mass is 10.1. The van der Waals surface area contributed by atoms with Crippen LogP contribution in [-0.2, 0) is 0 Å². The van der Waals surface area contributed by atoms with Crippen LogP contribution in [0.4, 0.5) is 0 Å². The molecule has 4 heterocycles. The number of benzene rings is 8. The van der Waals surface area contributed by atoms with E-state index in [1.54, 1.807) is 0 Å². The summed E-state index contributed by atoms with van der Waals surface area (Å²) in [6.45, 7) is 0. The van der Waals surface area contributed by atoms with Gasteiger partial charge in [-0.2, -0.15) is 0 Å². The first kappa shape index (κ1) is 28.1. The number of rotatable bonds is 3. The molecule has 0 radical (unpaired) electrons. The Morgan fingerprint density at radius 3 is 1.25 bits per heavy atom. The third-order valence-electron chi connectivity index (χ3n) is 11.0. The summed E-state index contributed by atoms with van der Waals surface area (Å²) in [5.41, 5.74) is 10.9. The Bertz CT molecular complexity index is 3320. The zero-order valence-corrected chi connectivity index (χ0v) is 28.8. The van der Waals surface area contributed by atoms with Gasteiger partial charge in [-0.05, 0) is 78.9 Å². The van der Waals surface area contributed by atoms with Gasteiger partial charge in [0.2, 0.25) is 0 Å². The average molecular weight is 680 g/mol. The highest BCUT2D eigenvalue weighted by molar-refractivity contribution is 7.25. The van der Waals surface area contributed by atoms with Crippen molar-refractivity contribution in [3.05, 3.63) is 176 Å². The molecule has 4 heteroatoms. The molecule has 4 aromatic heterocycles. The Labute approximate surface area is 302 Å². The minimum atomic E-state index is 1.17. The summed E-state index contributed by atoms with van der Waals surface area (Å²) in [5, 5.41) is 10.2. The fraction of sp³-hybridized carbons (Fsp3) is 0. The normalized spacial score (nSPS) is 12.2. The second kappa shape index (κ2) is 10.5. The highest BCUT2D eigenvalue weighted by Gasteiger charge is 2.20. The molecule has 242 valence electrons. The summed E-state index contributed by atoms with van der Waals surface area (Å²) in [6, 6.07) is 64.7. The van der Waals surface area contributed by atoms with Gasteiger partial charge in [-0.1, -0.05) is 97.1 Å². The quantitative estimate of drug-likeness (QED) is 0.177. The molecule has 0 bridgehead atoms. The van der Waals surface area contributed by atoms with Gasteiger partial charge >= 0.3 is 0 Å². The molecule has 3 nitrogen and oxygen atoms in total. The molecule has 0 atom stereocenters. The first-order chi connectivity index (χ1) is 25.8. The summed E-state index contributed by atoms with van der Waals surface area (Å²) in [5.74, 6) is 0. The van der Waals surface area contributed by atoms with Gasteiger partial charge in [0.1, 0.15) is 0 Å². The Hall–Kier alpha value is -6.62. The maximum atomic E-state index is 2.49. The lowest BCUT2D eigenvalue weighted by Crippen LogP contribution is -1.96. The first-order valence-electron chi connectivity index (χ1n) is 17.8. The predicted molar refractivity (Wildman–Crippen MR) is 222 cm³/mol. The van der Waals surface area contributed by atoms with Crippen molar-refractivity contribution in [3.63, 3.8) is 0 Å². The van der Waals surface area contributed by atoms with Crippen molar-refractivity contribution in [3.8, 4) is 17.1 Å². The SMILES string of the molecule is c1cc(-n2c3ccccc3c3cc(-n4c5ccccc5c5ccccc54)ccc32)c2c(c1)sc1ccc(-n3c4ccccc4c4ccccc43)cc12. The number of aromatic nitrogens is 3. The van der Waals surface area contributed by atoms with Gasteiger partial charge in [-0.15, -0.1) is 11.3 Å². The maximum absolute atomic E-state index is 2.49. The largest absolute Gasteiger partial charge is 0.309 e. The highest BCUT2D eigenvalue weighted by atomic mass is 32.1. The molecule has 12 rings (SSSR count). The van der Waals surface area contributed by atoms with Crippen LogP contribution in [-0.4, -0.2) is 13.7 Å². The van der Waals surface area contributed by atoms with Crippen LogP contribution in [0.25, 0.3) is 103 Å². The second-order valence-corrected chi connectivity index (χ2v) is 14.8. The molecule has 0 saturated heterocycles. The first-order valence-corrected chi connectivity index (χ1v) is 18.6. The third kappa shape index (κ3) is 3.74. The number of para-hydroxylation sites is 5. The molecule has 12 aromatic rings. The van der Waals surface area contributed by atoms with Gasteiger partial charge < -0.3 is 13.7 Å². The molecule has 0 aliphatic heterocycles. The Balaban J connectivity index is 1.13. The van der Waals surface area contributed by atoms with Crippen molar-refractivity contribution in [2.75, 3.05) is 0 Å². The fourth-order valence-corrected chi connectivity index (χ4v) is 9.99. The highest BCUT2D eigenvalue weighted by Crippen LogP contribution is 2.43. The van der Waals surface area contributed by atoms with Crippen LogP contribution >= 0.6 is 11.3 Å². The number of nitrogens with zero attached hydrogens (tertiary/aromatic N) is 3. The van der Waals surface area contributed by atoms with Gasteiger partial charge in [0.15, 0.2) is 0 Å². The lowest BCUT2D eigenvalue weighted by Gasteiger charge is -2.12. The van der Waals surface area contributed by atoms with Gasteiger partial charge in [0, 0.05) is 63.9 Å². The van der Waals surface area contributed by atoms with Crippen LogP contribution in [0.3, 0.4) is 0 Å². The predicted octanol–water partition coefficient (Wildman–Crippen LogP) is 13.3. The fourth-order valence-electron chi connectivity index (χ4n) is 8.88. The van der Waals surface area contributed by atoms with Crippen molar-refractivity contribution in [1.29, 1.82) is 0 Å². The average Bonchev–Trinajstić information content (AvgIpc) is 3.94. The van der Waals surface area contributed by atoms with E-state index in [2.05, 4.69) is 190 Å². The van der Waals surface area contributed by atoms with Crippen molar-refractivity contribution in [2.45, 2.75) is 0 Å². The van der Waals surface area contributed by atoms with E-state index in [-0.39, 0.29) is 0 Å². The van der Waals surface area contributed by atoms with E-state index in [1.165, 1.54) is 103 Å². The smallest absolute Gasteiger partial charge is 0.0555 e. The number of hydrogen-bond donors (Lipinski definition) is 0. The van der Waals surface area contributed by atoms with Crippen LogP contribution in [0.2, 0.25) is 0 Å². The van der Waals surface area contributed by atoms with Gasteiger partial charge in [0.25, 0.3) is 0 Å². The van der Waals surface area contributed by atoms with Crippen LogP contribution in [0.15, 0.2) is 176 Å². The van der Waals surface area contributed by atoms with Crippen molar-refractivity contribution in [1.82, 2.24) is 13.7 Å². The van der Waals surface area contributed by atoms with Crippen molar-refractivity contribution >= 4 is 96.9 Å². The zero-order valence-electron chi connectivity index (χ0n) is 28.0. The minimum absolute atomic E-state index is 1.17.